The van der Waals surface area contributed by atoms with Crippen LogP contribution >= 0.6 is 0 Å². The van der Waals surface area contributed by atoms with E-state index in [0.29, 0.717) is 18.8 Å². The Morgan fingerprint density at radius 2 is 1.93 bits per heavy atom. The first-order valence-electron chi connectivity index (χ1n) is 9.32. The second-order valence-corrected chi connectivity index (χ2v) is 7.23. The van der Waals surface area contributed by atoms with Crippen LogP contribution in [0.25, 0.3) is 11.0 Å². The van der Waals surface area contributed by atoms with Gasteiger partial charge in [-0.1, -0.05) is 16.8 Å². The van der Waals surface area contributed by atoms with Crippen LogP contribution in [0, 0.1) is 13.8 Å². The Morgan fingerprint density at radius 1 is 1.18 bits per heavy atom. The minimum Gasteiger partial charge on any atom is -0.463 e. The van der Waals surface area contributed by atoms with Crippen molar-refractivity contribution < 1.29 is 23.3 Å². The van der Waals surface area contributed by atoms with E-state index in [2.05, 4.69) is 9.89 Å². The van der Waals surface area contributed by atoms with Crippen molar-refractivity contribution in [3.05, 3.63) is 52.6 Å². The van der Waals surface area contributed by atoms with Gasteiger partial charge in [-0.25, -0.2) is 4.79 Å². The second kappa shape index (κ2) is 7.14. The number of carbonyl (C=O) groups excluding carboxylic acids is 2. The summed E-state index contributed by atoms with van der Waals surface area (Å²) in [6, 6.07) is 7.55. The SMILES string of the molecule is COC(=O)c1cc(C2CCN(C(=O)c3oc4ccc(C)cc4c3C)CC2)no1. The van der Waals surface area contributed by atoms with Gasteiger partial charge in [-0.3, -0.25) is 4.79 Å². The molecule has 3 heterocycles. The second-order valence-electron chi connectivity index (χ2n) is 7.23. The van der Waals surface area contributed by atoms with Crippen LogP contribution in [0.4, 0.5) is 0 Å². The van der Waals surface area contributed by atoms with Crippen molar-refractivity contribution in [2.24, 2.45) is 0 Å². The van der Waals surface area contributed by atoms with Crippen molar-refractivity contribution in [3.8, 4) is 0 Å². The number of fused-ring (bicyclic) bond motifs is 1. The largest absolute Gasteiger partial charge is 0.463 e. The number of aromatic nitrogens is 1. The van der Waals surface area contributed by atoms with Crippen LogP contribution in [-0.4, -0.2) is 42.1 Å². The highest BCUT2D eigenvalue weighted by atomic mass is 16.5. The van der Waals surface area contributed by atoms with Crippen LogP contribution in [0.15, 0.2) is 33.2 Å². The molecule has 4 rings (SSSR count). The maximum Gasteiger partial charge on any atom is 0.376 e. The molecule has 1 aromatic carbocycles. The van der Waals surface area contributed by atoms with Crippen molar-refractivity contribution in [1.82, 2.24) is 10.1 Å². The fourth-order valence-corrected chi connectivity index (χ4v) is 3.74. The number of furan rings is 1. The van der Waals surface area contributed by atoms with E-state index in [1.165, 1.54) is 7.11 Å². The summed E-state index contributed by atoms with van der Waals surface area (Å²) < 4.78 is 15.5. The molecule has 0 aliphatic carbocycles. The van der Waals surface area contributed by atoms with Crippen LogP contribution in [0.2, 0.25) is 0 Å². The summed E-state index contributed by atoms with van der Waals surface area (Å²) in [4.78, 5) is 26.3. The Labute approximate surface area is 162 Å². The molecule has 2 aromatic heterocycles. The first-order valence-corrected chi connectivity index (χ1v) is 9.32. The van der Waals surface area contributed by atoms with Crippen LogP contribution in [-0.2, 0) is 4.74 Å². The number of benzene rings is 1. The van der Waals surface area contributed by atoms with Gasteiger partial charge in [-0.15, -0.1) is 0 Å². The molecule has 1 fully saturated rings. The number of likely N-dealkylation sites (tertiary alicyclic amines) is 1. The lowest BCUT2D eigenvalue weighted by Gasteiger charge is -2.30. The van der Waals surface area contributed by atoms with Gasteiger partial charge in [0.25, 0.3) is 5.91 Å². The van der Waals surface area contributed by atoms with Gasteiger partial charge in [0.05, 0.1) is 12.8 Å². The fraction of sp³-hybridized carbons (Fsp3) is 0.381. The van der Waals surface area contributed by atoms with E-state index >= 15 is 0 Å². The third-order valence-corrected chi connectivity index (χ3v) is 5.40. The Morgan fingerprint density at radius 3 is 2.64 bits per heavy atom. The van der Waals surface area contributed by atoms with Gasteiger partial charge in [0.15, 0.2) is 5.76 Å². The van der Waals surface area contributed by atoms with E-state index in [0.717, 1.165) is 40.6 Å². The number of nitrogens with zero attached hydrogens (tertiary/aromatic N) is 2. The van der Waals surface area contributed by atoms with Crippen molar-refractivity contribution in [2.45, 2.75) is 32.6 Å². The Bertz CT molecular complexity index is 1040. The number of amides is 1. The normalized spacial score (nSPS) is 15.2. The molecule has 28 heavy (non-hydrogen) atoms. The summed E-state index contributed by atoms with van der Waals surface area (Å²) in [5.41, 5.74) is 3.47. The smallest absolute Gasteiger partial charge is 0.376 e. The van der Waals surface area contributed by atoms with Crippen LogP contribution in [0.3, 0.4) is 0 Å². The first kappa shape index (κ1) is 18.3. The molecule has 3 aromatic rings. The van der Waals surface area contributed by atoms with Crippen molar-refractivity contribution in [1.29, 1.82) is 0 Å². The maximum atomic E-state index is 13.0. The van der Waals surface area contributed by atoms with E-state index in [4.69, 9.17) is 8.94 Å². The lowest BCUT2D eigenvalue weighted by atomic mass is 9.93. The van der Waals surface area contributed by atoms with Gasteiger partial charge in [0.2, 0.25) is 5.76 Å². The number of piperidine rings is 1. The molecule has 0 saturated carbocycles. The molecule has 0 N–H and O–H groups in total. The molecular formula is C21H22N2O5. The molecule has 1 aliphatic heterocycles. The topological polar surface area (TPSA) is 85.8 Å². The van der Waals surface area contributed by atoms with Gasteiger partial charge in [0.1, 0.15) is 5.58 Å². The lowest BCUT2D eigenvalue weighted by molar-refractivity contribution is 0.0553. The van der Waals surface area contributed by atoms with Crippen LogP contribution in [0.5, 0.6) is 0 Å². The molecule has 7 heteroatoms. The average molecular weight is 382 g/mol. The highest BCUT2D eigenvalue weighted by molar-refractivity contribution is 5.99. The molecule has 0 radical (unpaired) electrons. The number of aryl methyl sites for hydroxylation is 2. The first-order chi connectivity index (χ1) is 13.5. The summed E-state index contributed by atoms with van der Waals surface area (Å²) in [6.45, 7) is 5.14. The third-order valence-electron chi connectivity index (χ3n) is 5.40. The minimum atomic E-state index is -0.540. The fourth-order valence-electron chi connectivity index (χ4n) is 3.74. The third kappa shape index (κ3) is 3.17. The van der Waals surface area contributed by atoms with E-state index in [1.807, 2.05) is 36.9 Å². The van der Waals surface area contributed by atoms with Crippen molar-refractivity contribution >= 4 is 22.8 Å². The number of hydrogen-bond donors (Lipinski definition) is 0. The number of carbonyl (C=O) groups is 2. The quantitative estimate of drug-likeness (QED) is 0.640. The van der Waals surface area contributed by atoms with E-state index in [9.17, 15) is 9.59 Å². The number of rotatable bonds is 3. The maximum absolute atomic E-state index is 13.0. The number of ether oxygens (including phenoxy) is 1. The zero-order chi connectivity index (χ0) is 19.8. The van der Waals surface area contributed by atoms with Crippen molar-refractivity contribution in [2.75, 3.05) is 20.2 Å². The molecule has 1 amide bonds. The molecule has 7 nitrogen and oxygen atoms in total. The van der Waals surface area contributed by atoms with Gasteiger partial charge in [-0.2, -0.15) is 0 Å². The van der Waals surface area contributed by atoms with Gasteiger partial charge >= 0.3 is 5.97 Å². The van der Waals surface area contributed by atoms with Crippen LogP contribution in [0.1, 0.15) is 56.7 Å². The van der Waals surface area contributed by atoms with E-state index in [1.54, 1.807) is 6.07 Å². The summed E-state index contributed by atoms with van der Waals surface area (Å²) >= 11 is 0. The Hall–Kier alpha value is -3.09. The van der Waals surface area contributed by atoms with Crippen LogP contribution < -0.4 is 0 Å². The molecule has 146 valence electrons. The molecule has 1 saturated heterocycles. The van der Waals surface area contributed by atoms with E-state index < -0.39 is 5.97 Å². The number of methoxy groups -OCH3 is 1. The summed E-state index contributed by atoms with van der Waals surface area (Å²) in [5, 5.41) is 4.97. The summed E-state index contributed by atoms with van der Waals surface area (Å²) in [6.07, 6.45) is 1.49. The molecule has 0 bridgehead atoms. The zero-order valence-electron chi connectivity index (χ0n) is 16.2. The highest BCUT2D eigenvalue weighted by Crippen LogP contribution is 2.31. The van der Waals surface area contributed by atoms with Gasteiger partial charge < -0.3 is 18.6 Å². The molecule has 0 unspecified atom stereocenters. The molecule has 1 aliphatic rings. The average Bonchev–Trinajstić information content (AvgIpc) is 3.33. The van der Waals surface area contributed by atoms with Crippen molar-refractivity contribution in [3.63, 3.8) is 0 Å². The zero-order valence-corrected chi connectivity index (χ0v) is 16.2. The lowest BCUT2D eigenvalue weighted by Crippen LogP contribution is -2.38. The summed E-state index contributed by atoms with van der Waals surface area (Å²) in [5.74, 6) is 0.0328. The standard InChI is InChI=1S/C21H22N2O5/c1-12-4-5-17-15(10-12)13(2)19(27-17)20(24)23-8-6-14(7-9-23)16-11-18(28-22-16)21(25)26-3/h4-5,10-11,14H,6-9H2,1-3H3. The Balaban J connectivity index is 1.46. The number of hydrogen-bond acceptors (Lipinski definition) is 6. The van der Waals surface area contributed by atoms with Gasteiger partial charge in [0, 0.05) is 36.0 Å². The predicted molar refractivity (Wildman–Crippen MR) is 101 cm³/mol. The molecule has 0 atom stereocenters. The monoisotopic (exact) mass is 382 g/mol. The molecule has 0 spiro atoms. The number of esters is 1. The Kier molecular flexibility index (Phi) is 4.66. The molecular weight excluding hydrogens is 360 g/mol. The summed E-state index contributed by atoms with van der Waals surface area (Å²) in [7, 11) is 1.30. The minimum absolute atomic E-state index is 0.0831. The predicted octanol–water partition coefficient (Wildman–Crippen LogP) is 3.84. The van der Waals surface area contributed by atoms with E-state index in [-0.39, 0.29) is 17.6 Å². The highest BCUT2D eigenvalue weighted by Gasteiger charge is 2.30. The van der Waals surface area contributed by atoms with Gasteiger partial charge in [-0.05, 0) is 38.8 Å².